The molecule has 0 aliphatic carbocycles. The standard InChI is InChI=1S/C14H15FN2OS/c1-9(7-11-3-2-6-18-11)17-13-5-4-10(15)8-12(13)14(16)19/h2-6,8-9,17H,7H2,1H3,(H2,16,19). The van der Waals surface area contributed by atoms with Crippen LogP contribution in [0.1, 0.15) is 18.2 Å². The van der Waals surface area contributed by atoms with E-state index in [1.54, 1.807) is 12.3 Å². The Morgan fingerprint density at radius 2 is 2.26 bits per heavy atom. The lowest BCUT2D eigenvalue weighted by atomic mass is 10.1. The fourth-order valence-electron chi connectivity index (χ4n) is 1.89. The summed E-state index contributed by atoms with van der Waals surface area (Å²) < 4.78 is 18.5. The highest BCUT2D eigenvalue weighted by Crippen LogP contribution is 2.19. The Balaban J connectivity index is 2.12. The van der Waals surface area contributed by atoms with Crippen LogP contribution in [0.25, 0.3) is 0 Å². The Bertz CT molecular complexity index is 569. The Kier molecular flexibility index (Phi) is 4.16. The predicted molar refractivity (Wildman–Crippen MR) is 77.8 cm³/mol. The van der Waals surface area contributed by atoms with Crippen LogP contribution in [0.4, 0.5) is 10.1 Å². The van der Waals surface area contributed by atoms with Gasteiger partial charge in [0, 0.05) is 23.7 Å². The van der Waals surface area contributed by atoms with E-state index in [-0.39, 0.29) is 16.8 Å². The molecule has 1 atom stereocenters. The van der Waals surface area contributed by atoms with Crippen molar-refractivity contribution in [1.29, 1.82) is 0 Å². The minimum Gasteiger partial charge on any atom is -0.469 e. The summed E-state index contributed by atoms with van der Waals surface area (Å²) in [6.45, 7) is 2.01. The number of anilines is 1. The third kappa shape index (κ3) is 3.54. The lowest BCUT2D eigenvalue weighted by molar-refractivity contribution is 0.497. The normalized spacial score (nSPS) is 12.1. The van der Waals surface area contributed by atoms with E-state index in [0.717, 1.165) is 17.9 Å². The van der Waals surface area contributed by atoms with Crippen molar-refractivity contribution >= 4 is 22.9 Å². The molecule has 0 aliphatic rings. The highest BCUT2D eigenvalue weighted by Gasteiger charge is 2.11. The summed E-state index contributed by atoms with van der Waals surface area (Å²) >= 11 is 4.93. The number of hydrogen-bond donors (Lipinski definition) is 2. The Morgan fingerprint density at radius 1 is 1.47 bits per heavy atom. The second-order valence-corrected chi connectivity index (χ2v) is 4.82. The third-order valence-corrected chi connectivity index (χ3v) is 2.96. The van der Waals surface area contributed by atoms with Gasteiger partial charge in [0.25, 0.3) is 0 Å². The first-order valence-electron chi connectivity index (χ1n) is 5.94. The van der Waals surface area contributed by atoms with Gasteiger partial charge >= 0.3 is 0 Å². The molecule has 0 radical (unpaired) electrons. The number of rotatable bonds is 5. The van der Waals surface area contributed by atoms with E-state index < -0.39 is 0 Å². The molecule has 3 nitrogen and oxygen atoms in total. The first-order valence-corrected chi connectivity index (χ1v) is 6.35. The fourth-order valence-corrected chi connectivity index (χ4v) is 2.06. The van der Waals surface area contributed by atoms with Gasteiger partial charge in [-0.2, -0.15) is 0 Å². The minimum absolute atomic E-state index is 0.115. The Labute approximate surface area is 116 Å². The molecule has 19 heavy (non-hydrogen) atoms. The number of nitrogens with one attached hydrogen (secondary N) is 1. The van der Waals surface area contributed by atoms with Gasteiger partial charge in [-0.05, 0) is 37.3 Å². The van der Waals surface area contributed by atoms with E-state index in [1.165, 1.54) is 12.1 Å². The molecule has 1 aromatic carbocycles. The zero-order valence-corrected chi connectivity index (χ0v) is 11.3. The van der Waals surface area contributed by atoms with Crippen LogP contribution in [-0.4, -0.2) is 11.0 Å². The van der Waals surface area contributed by atoms with Crippen LogP contribution in [0.2, 0.25) is 0 Å². The van der Waals surface area contributed by atoms with Crippen LogP contribution in [0.5, 0.6) is 0 Å². The molecular formula is C14H15FN2OS. The summed E-state index contributed by atoms with van der Waals surface area (Å²) in [6, 6.07) is 8.23. The summed E-state index contributed by atoms with van der Waals surface area (Å²) in [5.74, 6) is 0.533. The lowest BCUT2D eigenvalue weighted by Gasteiger charge is -2.17. The van der Waals surface area contributed by atoms with Gasteiger partial charge in [-0.25, -0.2) is 4.39 Å². The molecule has 0 saturated heterocycles. The zero-order chi connectivity index (χ0) is 13.8. The molecule has 2 rings (SSSR count). The van der Waals surface area contributed by atoms with E-state index in [4.69, 9.17) is 22.4 Å². The molecule has 0 saturated carbocycles. The quantitative estimate of drug-likeness (QED) is 0.825. The van der Waals surface area contributed by atoms with Crippen molar-refractivity contribution in [3.63, 3.8) is 0 Å². The zero-order valence-electron chi connectivity index (χ0n) is 10.5. The summed E-state index contributed by atoms with van der Waals surface area (Å²) in [4.78, 5) is 0.173. The maximum Gasteiger partial charge on any atom is 0.124 e. The van der Waals surface area contributed by atoms with Crippen LogP contribution in [0.15, 0.2) is 41.0 Å². The Morgan fingerprint density at radius 3 is 2.89 bits per heavy atom. The molecule has 5 heteroatoms. The van der Waals surface area contributed by atoms with Crippen molar-refractivity contribution in [2.24, 2.45) is 5.73 Å². The van der Waals surface area contributed by atoms with Gasteiger partial charge in [0.1, 0.15) is 16.6 Å². The second kappa shape index (κ2) is 5.84. The molecule has 0 amide bonds. The molecule has 1 heterocycles. The maximum absolute atomic E-state index is 13.2. The third-order valence-electron chi connectivity index (χ3n) is 2.74. The van der Waals surface area contributed by atoms with Crippen LogP contribution in [-0.2, 0) is 6.42 Å². The SMILES string of the molecule is CC(Cc1ccco1)Nc1ccc(F)cc1C(N)=S. The molecule has 0 aliphatic heterocycles. The molecule has 0 spiro atoms. The largest absolute Gasteiger partial charge is 0.469 e. The highest BCUT2D eigenvalue weighted by molar-refractivity contribution is 7.80. The van der Waals surface area contributed by atoms with Crippen molar-refractivity contribution in [3.8, 4) is 0 Å². The van der Waals surface area contributed by atoms with Gasteiger partial charge in [-0.15, -0.1) is 0 Å². The smallest absolute Gasteiger partial charge is 0.124 e. The number of hydrogen-bond acceptors (Lipinski definition) is 3. The maximum atomic E-state index is 13.2. The molecule has 1 unspecified atom stereocenters. The minimum atomic E-state index is -0.355. The van der Waals surface area contributed by atoms with E-state index in [9.17, 15) is 4.39 Å². The van der Waals surface area contributed by atoms with Crippen LogP contribution >= 0.6 is 12.2 Å². The van der Waals surface area contributed by atoms with Gasteiger partial charge in [0.15, 0.2) is 0 Å². The predicted octanol–water partition coefficient (Wildman–Crippen LogP) is 3.10. The van der Waals surface area contributed by atoms with E-state index in [1.807, 2.05) is 19.1 Å². The van der Waals surface area contributed by atoms with Crippen molar-refractivity contribution in [2.75, 3.05) is 5.32 Å². The molecule has 0 bridgehead atoms. The molecule has 0 fully saturated rings. The fraction of sp³-hybridized carbons (Fsp3) is 0.214. The van der Waals surface area contributed by atoms with Crippen molar-refractivity contribution < 1.29 is 8.81 Å². The molecule has 3 N–H and O–H groups in total. The van der Waals surface area contributed by atoms with Crippen LogP contribution in [0, 0.1) is 5.82 Å². The Hall–Kier alpha value is -1.88. The number of halogens is 1. The molecule has 2 aromatic rings. The average molecular weight is 278 g/mol. The van der Waals surface area contributed by atoms with Gasteiger partial charge < -0.3 is 15.5 Å². The van der Waals surface area contributed by atoms with Crippen molar-refractivity contribution in [3.05, 3.63) is 53.7 Å². The number of benzene rings is 1. The van der Waals surface area contributed by atoms with E-state index in [2.05, 4.69) is 5.32 Å². The molecule has 100 valence electrons. The van der Waals surface area contributed by atoms with Gasteiger partial charge in [0.2, 0.25) is 0 Å². The van der Waals surface area contributed by atoms with Crippen LogP contribution < -0.4 is 11.1 Å². The van der Waals surface area contributed by atoms with Crippen molar-refractivity contribution in [1.82, 2.24) is 0 Å². The van der Waals surface area contributed by atoms with Gasteiger partial charge in [-0.1, -0.05) is 12.2 Å². The topological polar surface area (TPSA) is 51.2 Å². The monoisotopic (exact) mass is 278 g/mol. The highest BCUT2D eigenvalue weighted by atomic mass is 32.1. The molecule has 1 aromatic heterocycles. The summed E-state index contributed by atoms with van der Waals surface area (Å²) in [6.07, 6.45) is 2.36. The number of nitrogens with two attached hydrogens (primary N) is 1. The average Bonchev–Trinajstić information content (AvgIpc) is 2.83. The first-order chi connectivity index (χ1) is 9.06. The summed E-state index contributed by atoms with van der Waals surface area (Å²) in [5.41, 5.74) is 6.85. The number of thiocarbonyl (C=S) groups is 1. The molecular weight excluding hydrogens is 263 g/mol. The van der Waals surface area contributed by atoms with Crippen LogP contribution in [0.3, 0.4) is 0 Å². The van der Waals surface area contributed by atoms with Gasteiger partial charge in [0.05, 0.1) is 6.26 Å². The summed E-state index contributed by atoms with van der Waals surface area (Å²) in [7, 11) is 0. The first kappa shape index (κ1) is 13.5. The van der Waals surface area contributed by atoms with Gasteiger partial charge in [-0.3, -0.25) is 0 Å². The lowest BCUT2D eigenvalue weighted by Crippen LogP contribution is -2.21. The van der Waals surface area contributed by atoms with E-state index in [0.29, 0.717) is 5.56 Å². The van der Waals surface area contributed by atoms with E-state index >= 15 is 0 Å². The summed E-state index contributed by atoms with van der Waals surface area (Å²) in [5, 5.41) is 3.26. The second-order valence-electron chi connectivity index (χ2n) is 4.38. The number of furan rings is 1. The van der Waals surface area contributed by atoms with Crippen molar-refractivity contribution in [2.45, 2.75) is 19.4 Å².